The standard InChI is InChI=1S/C25H33NO5S/c1-29-20-5-3-19(4-6-20)26-17-15-24(16-18-26)31-22-9-7-21(8-10-22)30-23-11-13-25(14-12-23)32(2,27)28/h3-6,11-14,21-22,24H,7-10,15-18H2,1-2H3. The van der Waals surface area contributed by atoms with Crippen LogP contribution >= 0.6 is 0 Å². The van der Waals surface area contributed by atoms with E-state index >= 15 is 0 Å². The molecule has 0 atom stereocenters. The maximum Gasteiger partial charge on any atom is 0.175 e. The molecular weight excluding hydrogens is 426 g/mol. The molecule has 0 unspecified atom stereocenters. The molecule has 32 heavy (non-hydrogen) atoms. The Balaban J connectivity index is 1.18. The van der Waals surface area contributed by atoms with Crippen molar-refractivity contribution in [1.29, 1.82) is 0 Å². The number of piperidine rings is 1. The molecule has 4 rings (SSSR count). The van der Waals surface area contributed by atoms with E-state index < -0.39 is 9.84 Å². The molecule has 1 aliphatic heterocycles. The molecule has 0 radical (unpaired) electrons. The van der Waals surface area contributed by atoms with Gasteiger partial charge in [0.2, 0.25) is 0 Å². The van der Waals surface area contributed by atoms with Crippen LogP contribution in [0.15, 0.2) is 53.4 Å². The molecule has 1 heterocycles. The number of sulfone groups is 1. The van der Waals surface area contributed by atoms with Gasteiger partial charge < -0.3 is 19.1 Å². The molecule has 0 N–H and O–H groups in total. The van der Waals surface area contributed by atoms with E-state index in [1.807, 2.05) is 12.1 Å². The van der Waals surface area contributed by atoms with Gasteiger partial charge in [0, 0.05) is 25.0 Å². The Morgan fingerprint density at radius 1 is 0.750 bits per heavy atom. The third kappa shape index (κ3) is 5.95. The van der Waals surface area contributed by atoms with Gasteiger partial charge in [-0.1, -0.05) is 0 Å². The quantitative estimate of drug-likeness (QED) is 0.609. The fourth-order valence-electron chi connectivity index (χ4n) is 4.56. The highest BCUT2D eigenvalue weighted by Gasteiger charge is 2.27. The summed E-state index contributed by atoms with van der Waals surface area (Å²) in [6, 6.07) is 15.0. The number of rotatable bonds is 7. The van der Waals surface area contributed by atoms with E-state index in [1.54, 1.807) is 31.4 Å². The molecule has 0 spiro atoms. The van der Waals surface area contributed by atoms with Crippen LogP contribution in [0, 0.1) is 0 Å². The minimum atomic E-state index is -3.18. The molecule has 2 fully saturated rings. The second kappa shape index (κ2) is 10.1. The van der Waals surface area contributed by atoms with Crippen LogP contribution in [0.2, 0.25) is 0 Å². The first kappa shape index (κ1) is 22.9. The molecule has 6 nitrogen and oxygen atoms in total. The van der Waals surface area contributed by atoms with Crippen LogP contribution in [0.3, 0.4) is 0 Å². The second-order valence-electron chi connectivity index (χ2n) is 8.78. The van der Waals surface area contributed by atoms with Gasteiger partial charge in [0.1, 0.15) is 11.5 Å². The number of methoxy groups -OCH3 is 1. The maximum atomic E-state index is 11.6. The molecule has 0 aromatic heterocycles. The van der Waals surface area contributed by atoms with Gasteiger partial charge in [-0.05, 0) is 87.1 Å². The summed E-state index contributed by atoms with van der Waals surface area (Å²) >= 11 is 0. The third-order valence-electron chi connectivity index (χ3n) is 6.44. The number of hydrogen-bond acceptors (Lipinski definition) is 6. The fourth-order valence-corrected chi connectivity index (χ4v) is 5.19. The van der Waals surface area contributed by atoms with E-state index in [1.165, 1.54) is 11.9 Å². The Morgan fingerprint density at radius 3 is 1.84 bits per heavy atom. The van der Waals surface area contributed by atoms with Crippen LogP contribution in [-0.4, -0.2) is 53.2 Å². The van der Waals surface area contributed by atoms with Crippen molar-refractivity contribution in [2.45, 2.75) is 61.7 Å². The lowest BCUT2D eigenvalue weighted by Gasteiger charge is -2.37. The second-order valence-corrected chi connectivity index (χ2v) is 10.8. The SMILES string of the molecule is COc1ccc(N2CCC(OC3CCC(Oc4ccc(S(C)(=O)=O)cc4)CC3)CC2)cc1. The van der Waals surface area contributed by atoms with Crippen molar-refractivity contribution in [3.8, 4) is 11.5 Å². The van der Waals surface area contributed by atoms with E-state index in [0.29, 0.717) is 17.1 Å². The van der Waals surface area contributed by atoms with Gasteiger partial charge in [0.15, 0.2) is 9.84 Å². The van der Waals surface area contributed by atoms with Crippen LogP contribution in [0.4, 0.5) is 5.69 Å². The van der Waals surface area contributed by atoms with E-state index in [2.05, 4.69) is 17.0 Å². The predicted octanol–water partition coefficient (Wildman–Crippen LogP) is 4.47. The molecule has 0 amide bonds. The Bertz CT molecular complexity index is 958. The van der Waals surface area contributed by atoms with Gasteiger partial charge in [-0.2, -0.15) is 0 Å². The van der Waals surface area contributed by atoms with Gasteiger partial charge >= 0.3 is 0 Å². The minimum Gasteiger partial charge on any atom is -0.497 e. The van der Waals surface area contributed by atoms with Gasteiger partial charge in [-0.3, -0.25) is 0 Å². The normalized spacial score (nSPS) is 22.5. The number of ether oxygens (including phenoxy) is 3. The zero-order chi connectivity index (χ0) is 22.6. The molecule has 2 aliphatic rings. The molecular formula is C25H33NO5S. The lowest BCUT2D eigenvalue weighted by Crippen LogP contribution is -2.39. The van der Waals surface area contributed by atoms with Crippen molar-refractivity contribution >= 4 is 15.5 Å². The van der Waals surface area contributed by atoms with Crippen molar-refractivity contribution in [3.63, 3.8) is 0 Å². The van der Waals surface area contributed by atoms with Crippen molar-refractivity contribution in [3.05, 3.63) is 48.5 Å². The smallest absolute Gasteiger partial charge is 0.175 e. The molecule has 1 saturated carbocycles. The molecule has 0 bridgehead atoms. The third-order valence-corrected chi connectivity index (χ3v) is 7.57. The highest BCUT2D eigenvalue weighted by molar-refractivity contribution is 7.90. The Morgan fingerprint density at radius 2 is 1.28 bits per heavy atom. The summed E-state index contributed by atoms with van der Waals surface area (Å²) in [6.45, 7) is 2.03. The monoisotopic (exact) mass is 459 g/mol. The fraction of sp³-hybridized carbons (Fsp3) is 0.520. The highest BCUT2D eigenvalue weighted by Crippen LogP contribution is 2.29. The van der Waals surface area contributed by atoms with Gasteiger partial charge in [0.25, 0.3) is 0 Å². The lowest BCUT2D eigenvalue weighted by atomic mass is 9.94. The zero-order valence-electron chi connectivity index (χ0n) is 18.9. The minimum absolute atomic E-state index is 0.163. The van der Waals surface area contributed by atoms with Crippen LogP contribution in [0.5, 0.6) is 11.5 Å². The highest BCUT2D eigenvalue weighted by atomic mass is 32.2. The van der Waals surface area contributed by atoms with Gasteiger partial charge in [-0.15, -0.1) is 0 Å². The van der Waals surface area contributed by atoms with Crippen LogP contribution in [-0.2, 0) is 14.6 Å². The molecule has 2 aromatic carbocycles. The van der Waals surface area contributed by atoms with Gasteiger partial charge in [-0.25, -0.2) is 8.42 Å². The first-order valence-electron chi connectivity index (χ1n) is 11.4. The van der Waals surface area contributed by atoms with E-state index in [9.17, 15) is 8.42 Å². The summed E-state index contributed by atoms with van der Waals surface area (Å²) in [7, 11) is -1.49. The maximum absolute atomic E-state index is 11.6. The van der Waals surface area contributed by atoms with Crippen molar-refractivity contribution in [2.24, 2.45) is 0 Å². The summed E-state index contributed by atoms with van der Waals surface area (Å²) < 4.78 is 40.9. The number of nitrogens with zero attached hydrogens (tertiary/aromatic N) is 1. The Kier molecular flexibility index (Phi) is 7.26. The van der Waals surface area contributed by atoms with Crippen molar-refractivity contribution < 1.29 is 22.6 Å². The summed E-state index contributed by atoms with van der Waals surface area (Å²) in [6.07, 6.45) is 8.05. The number of anilines is 1. The van der Waals surface area contributed by atoms with Crippen LogP contribution in [0.1, 0.15) is 38.5 Å². The molecule has 1 aliphatic carbocycles. The summed E-state index contributed by atoms with van der Waals surface area (Å²) in [5.41, 5.74) is 1.24. The first-order valence-corrected chi connectivity index (χ1v) is 13.3. The average Bonchev–Trinajstić information content (AvgIpc) is 2.81. The molecule has 2 aromatic rings. The topological polar surface area (TPSA) is 65.1 Å². The Labute approximate surface area is 191 Å². The summed E-state index contributed by atoms with van der Waals surface area (Å²) in [5.74, 6) is 1.62. The molecule has 7 heteroatoms. The lowest BCUT2D eigenvalue weighted by molar-refractivity contribution is -0.0527. The van der Waals surface area contributed by atoms with Crippen LogP contribution in [0.25, 0.3) is 0 Å². The largest absolute Gasteiger partial charge is 0.497 e. The average molecular weight is 460 g/mol. The van der Waals surface area contributed by atoms with Crippen molar-refractivity contribution in [2.75, 3.05) is 31.4 Å². The molecule has 174 valence electrons. The number of benzene rings is 2. The van der Waals surface area contributed by atoms with E-state index in [-0.39, 0.29) is 6.10 Å². The Hall–Kier alpha value is -2.25. The zero-order valence-corrected chi connectivity index (χ0v) is 19.7. The van der Waals surface area contributed by atoms with Gasteiger partial charge in [0.05, 0.1) is 30.3 Å². The van der Waals surface area contributed by atoms with E-state index in [0.717, 1.165) is 63.1 Å². The summed E-state index contributed by atoms with van der Waals surface area (Å²) in [5, 5.41) is 0. The van der Waals surface area contributed by atoms with Crippen molar-refractivity contribution in [1.82, 2.24) is 0 Å². The number of hydrogen-bond donors (Lipinski definition) is 0. The predicted molar refractivity (Wildman–Crippen MR) is 126 cm³/mol. The first-order chi connectivity index (χ1) is 15.4. The summed E-state index contributed by atoms with van der Waals surface area (Å²) in [4.78, 5) is 2.74. The molecule has 1 saturated heterocycles. The van der Waals surface area contributed by atoms with Crippen LogP contribution < -0.4 is 14.4 Å². The van der Waals surface area contributed by atoms with E-state index in [4.69, 9.17) is 14.2 Å².